The number of carbonyl (C=O) groups excluding carboxylic acids is 1. The van der Waals surface area contributed by atoms with Crippen LogP contribution in [0.2, 0.25) is 0 Å². The molecule has 21 heavy (non-hydrogen) atoms. The molecule has 1 aromatic carbocycles. The molecule has 0 bridgehead atoms. The Balaban J connectivity index is 2.30. The predicted molar refractivity (Wildman–Crippen MR) is 79.0 cm³/mol. The van der Waals surface area contributed by atoms with E-state index < -0.39 is 11.8 Å². The van der Waals surface area contributed by atoms with E-state index in [9.17, 15) is 9.18 Å². The number of carbonyl (C=O) groups is 1. The van der Waals surface area contributed by atoms with Crippen molar-refractivity contribution in [3.8, 4) is 0 Å². The Morgan fingerprint density at radius 3 is 2.81 bits per heavy atom. The van der Waals surface area contributed by atoms with Crippen LogP contribution in [0.15, 0.2) is 6.07 Å². The molecule has 1 atom stereocenters. The first-order chi connectivity index (χ1) is 10.1. The van der Waals surface area contributed by atoms with Gasteiger partial charge in [0.05, 0.1) is 29.6 Å². The molecule has 0 unspecified atom stereocenters. The molecule has 1 saturated heterocycles. The summed E-state index contributed by atoms with van der Waals surface area (Å²) in [6, 6.07) is 1.47. The number of hydrogen-bond donors (Lipinski definition) is 2. The van der Waals surface area contributed by atoms with Gasteiger partial charge in [-0.3, -0.25) is 0 Å². The van der Waals surface area contributed by atoms with Crippen molar-refractivity contribution in [2.24, 2.45) is 0 Å². The van der Waals surface area contributed by atoms with Crippen molar-refractivity contribution in [3.05, 3.63) is 23.0 Å². The molecule has 0 spiro atoms. The number of benzene rings is 1. The first-order valence-electron chi connectivity index (χ1n) is 7.21. The number of nitrogens with two attached hydrogens (primary N) is 1. The van der Waals surface area contributed by atoms with Crippen LogP contribution in [0.3, 0.4) is 0 Å². The molecule has 1 aliphatic rings. The lowest BCUT2D eigenvalue weighted by Crippen LogP contribution is -2.34. The zero-order valence-corrected chi connectivity index (χ0v) is 12.4. The summed E-state index contributed by atoms with van der Waals surface area (Å²) in [6.07, 6.45) is 1.61. The van der Waals surface area contributed by atoms with Gasteiger partial charge in [-0.15, -0.1) is 0 Å². The Kier molecular flexibility index (Phi) is 5.01. The molecule has 0 amide bonds. The van der Waals surface area contributed by atoms with E-state index in [-0.39, 0.29) is 24.0 Å². The molecule has 6 heteroatoms. The van der Waals surface area contributed by atoms with Crippen molar-refractivity contribution >= 4 is 17.3 Å². The number of nitrogens with one attached hydrogen (secondary N) is 1. The highest BCUT2D eigenvalue weighted by Crippen LogP contribution is 2.31. The molecule has 3 N–H and O–H groups in total. The summed E-state index contributed by atoms with van der Waals surface area (Å²) in [5, 5.41) is 2.96. The number of aryl methyl sites for hydroxylation is 1. The van der Waals surface area contributed by atoms with Crippen LogP contribution >= 0.6 is 0 Å². The van der Waals surface area contributed by atoms with Gasteiger partial charge in [0.2, 0.25) is 0 Å². The highest BCUT2D eigenvalue weighted by Gasteiger charge is 2.23. The van der Waals surface area contributed by atoms with Crippen LogP contribution in [0.1, 0.15) is 36.2 Å². The van der Waals surface area contributed by atoms with E-state index in [0.717, 1.165) is 18.6 Å². The number of hydrogen-bond acceptors (Lipinski definition) is 5. The number of halogens is 1. The van der Waals surface area contributed by atoms with Crippen LogP contribution in [0.4, 0.5) is 15.8 Å². The Morgan fingerprint density at radius 1 is 1.57 bits per heavy atom. The van der Waals surface area contributed by atoms with Crippen LogP contribution < -0.4 is 11.1 Å². The number of esters is 1. The second-order valence-corrected chi connectivity index (χ2v) is 4.92. The minimum atomic E-state index is -0.673. The minimum Gasteiger partial charge on any atom is -0.462 e. The molecule has 0 saturated carbocycles. The number of nitrogen functional groups attached to an aromatic ring is 1. The van der Waals surface area contributed by atoms with Gasteiger partial charge in [0, 0.05) is 13.2 Å². The topological polar surface area (TPSA) is 73.6 Å². The summed E-state index contributed by atoms with van der Waals surface area (Å²) < 4.78 is 24.7. The van der Waals surface area contributed by atoms with Crippen LogP contribution in [-0.2, 0) is 15.9 Å². The highest BCUT2D eigenvalue weighted by molar-refractivity contribution is 5.93. The summed E-state index contributed by atoms with van der Waals surface area (Å²) >= 11 is 0. The fourth-order valence-electron chi connectivity index (χ4n) is 2.21. The van der Waals surface area contributed by atoms with Crippen LogP contribution in [0, 0.1) is 5.82 Å². The van der Waals surface area contributed by atoms with Crippen molar-refractivity contribution in [1.29, 1.82) is 0 Å². The molecule has 116 valence electrons. The van der Waals surface area contributed by atoms with Crippen LogP contribution in [0.25, 0.3) is 0 Å². The van der Waals surface area contributed by atoms with Crippen molar-refractivity contribution in [2.45, 2.75) is 32.8 Å². The Bertz CT molecular complexity index is 530. The fraction of sp³-hybridized carbons (Fsp3) is 0.533. The van der Waals surface area contributed by atoms with Gasteiger partial charge in [-0.25, -0.2) is 9.18 Å². The first kappa shape index (κ1) is 15.6. The van der Waals surface area contributed by atoms with Gasteiger partial charge in [-0.2, -0.15) is 0 Å². The maximum atomic E-state index is 14.5. The average Bonchev–Trinajstić information content (AvgIpc) is 2.41. The number of rotatable bonds is 6. The van der Waals surface area contributed by atoms with Gasteiger partial charge in [0.15, 0.2) is 5.82 Å². The van der Waals surface area contributed by atoms with Crippen LogP contribution in [0.5, 0.6) is 0 Å². The molecule has 0 aromatic heterocycles. The van der Waals surface area contributed by atoms with E-state index in [0.29, 0.717) is 18.7 Å². The molecular weight excluding hydrogens is 275 g/mol. The second-order valence-electron chi connectivity index (χ2n) is 4.92. The zero-order valence-electron chi connectivity index (χ0n) is 12.4. The Morgan fingerprint density at radius 2 is 2.29 bits per heavy atom. The molecule has 1 aliphatic heterocycles. The average molecular weight is 296 g/mol. The molecule has 0 radical (unpaired) electrons. The third-order valence-corrected chi connectivity index (χ3v) is 3.57. The highest BCUT2D eigenvalue weighted by atomic mass is 19.1. The number of ether oxygens (including phenoxy) is 2. The number of anilines is 2. The molecular formula is C15H21FN2O3. The lowest BCUT2D eigenvalue weighted by atomic mass is 10.0. The molecule has 1 fully saturated rings. The summed E-state index contributed by atoms with van der Waals surface area (Å²) in [5.74, 6) is -1.34. The molecule has 1 heterocycles. The van der Waals surface area contributed by atoms with E-state index in [4.69, 9.17) is 15.2 Å². The van der Waals surface area contributed by atoms with Gasteiger partial charge in [-0.05, 0) is 31.4 Å². The SMILES string of the molecule is CCOC(=O)c1cc(CC)c(N)c(NC[C@@H]2CCO2)c1F. The fourth-order valence-corrected chi connectivity index (χ4v) is 2.21. The van der Waals surface area contributed by atoms with Gasteiger partial charge < -0.3 is 20.5 Å². The third kappa shape index (κ3) is 3.26. The van der Waals surface area contributed by atoms with Crippen molar-refractivity contribution < 1.29 is 18.7 Å². The summed E-state index contributed by atoms with van der Waals surface area (Å²) in [5.41, 5.74) is 7.12. The standard InChI is InChI=1S/C15H21FN2O3/c1-3-9-7-11(15(19)20-4-2)12(16)14(13(9)17)18-8-10-5-6-21-10/h7,10,18H,3-6,8,17H2,1-2H3/t10-/m0/s1. The smallest absolute Gasteiger partial charge is 0.341 e. The second kappa shape index (κ2) is 6.76. The monoisotopic (exact) mass is 296 g/mol. The maximum Gasteiger partial charge on any atom is 0.341 e. The summed E-state index contributed by atoms with van der Waals surface area (Å²) in [6.45, 7) is 4.98. The van der Waals surface area contributed by atoms with E-state index >= 15 is 0 Å². The largest absolute Gasteiger partial charge is 0.462 e. The predicted octanol–water partition coefficient (Wildman–Crippen LogP) is 2.35. The maximum absolute atomic E-state index is 14.5. The first-order valence-corrected chi connectivity index (χ1v) is 7.21. The van der Waals surface area contributed by atoms with Crippen molar-refractivity contribution in [1.82, 2.24) is 0 Å². The lowest BCUT2D eigenvalue weighted by Gasteiger charge is -2.27. The summed E-state index contributed by atoms with van der Waals surface area (Å²) in [4.78, 5) is 11.8. The lowest BCUT2D eigenvalue weighted by molar-refractivity contribution is -0.0410. The van der Waals surface area contributed by atoms with E-state index in [1.807, 2.05) is 6.92 Å². The zero-order chi connectivity index (χ0) is 15.4. The van der Waals surface area contributed by atoms with Crippen LogP contribution in [-0.4, -0.2) is 31.8 Å². The van der Waals surface area contributed by atoms with Gasteiger partial charge in [0.1, 0.15) is 0 Å². The van der Waals surface area contributed by atoms with Gasteiger partial charge >= 0.3 is 5.97 Å². The summed E-state index contributed by atoms with van der Waals surface area (Å²) in [7, 11) is 0. The quantitative estimate of drug-likeness (QED) is 0.622. The third-order valence-electron chi connectivity index (χ3n) is 3.57. The molecule has 1 aromatic rings. The normalized spacial score (nSPS) is 17.2. The van der Waals surface area contributed by atoms with E-state index in [1.165, 1.54) is 6.07 Å². The Hall–Kier alpha value is -1.82. The van der Waals surface area contributed by atoms with Crippen molar-refractivity contribution in [3.63, 3.8) is 0 Å². The minimum absolute atomic E-state index is 0.0696. The van der Waals surface area contributed by atoms with Gasteiger partial charge in [0.25, 0.3) is 0 Å². The molecule has 5 nitrogen and oxygen atoms in total. The van der Waals surface area contributed by atoms with Gasteiger partial charge in [-0.1, -0.05) is 6.92 Å². The molecule has 2 rings (SSSR count). The Labute approximate surface area is 123 Å². The van der Waals surface area contributed by atoms with E-state index in [2.05, 4.69) is 5.32 Å². The molecule has 0 aliphatic carbocycles. The van der Waals surface area contributed by atoms with E-state index in [1.54, 1.807) is 6.92 Å². The van der Waals surface area contributed by atoms with Crippen molar-refractivity contribution in [2.75, 3.05) is 30.8 Å².